The maximum absolute atomic E-state index is 12.9. The van der Waals surface area contributed by atoms with Crippen molar-refractivity contribution in [3.8, 4) is 0 Å². The summed E-state index contributed by atoms with van der Waals surface area (Å²) >= 11 is 0. The van der Waals surface area contributed by atoms with Gasteiger partial charge in [-0.05, 0) is 25.2 Å². The van der Waals surface area contributed by atoms with E-state index < -0.39 is 49.5 Å². The predicted octanol–water partition coefficient (Wildman–Crippen LogP) is 8.80. The van der Waals surface area contributed by atoms with E-state index in [0.717, 1.165) is 44.4 Å². The lowest BCUT2D eigenvalue weighted by atomic mass is 9.99. The Kier molecular flexibility index (Phi) is 32.2. The van der Waals surface area contributed by atoms with Gasteiger partial charge in [0.2, 0.25) is 5.91 Å². The van der Waals surface area contributed by atoms with Gasteiger partial charge in [0.05, 0.1) is 25.4 Å². The maximum Gasteiger partial charge on any atom is 0.220 e. The SMILES string of the molecule is CCCCCCCCCCCCCCCCCCCCC(=O)NC(COC1OC(CO)C(O)C(O)C1O)C(O)C=CCCCCCCCCC(C)CC. The van der Waals surface area contributed by atoms with Crippen molar-refractivity contribution in [2.24, 2.45) is 5.92 Å². The van der Waals surface area contributed by atoms with Crippen molar-refractivity contribution in [3.63, 3.8) is 0 Å². The molecule has 0 saturated carbocycles. The zero-order valence-corrected chi connectivity index (χ0v) is 34.4. The third-order valence-corrected chi connectivity index (χ3v) is 11.2. The summed E-state index contributed by atoms with van der Waals surface area (Å²) < 4.78 is 11.2. The molecule has 1 rings (SSSR count). The molecule has 0 aromatic rings. The molecule has 314 valence electrons. The second-order valence-corrected chi connectivity index (χ2v) is 16.1. The largest absolute Gasteiger partial charge is 0.394 e. The van der Waals surface area contributed by atoms with E-state index in [0.29, 0.717) is 6.42 Å². The molecule has 9 nitrogen and oxygen atoms in total. The summed E-state index contributed by atoms with van der Waals surface area (Å²) in [6, 6.07) is -0.799. The van der Waals surface area contributed by atoms with Crippen LogP contribution in [0.2, 0.25) is 0 Å². The lowest BCUT2D eigenvalue weighted by molar-refractivity contribution is -0.302. The molecule has 1 aliphatic rings. The normalized spacial score (nSPS) is 22.3. The fourth-order valence-corrected chi connectivity index (χ4v) is 7.13. The minimum Gasteiger partial charge on any atom is -0.394 e. The van der Waals surface area contributed by atoms with E-state index >= 15 is 0 Å². The number of amides is 1. The lowest BCUT2D eigenvalue weighted by Gasteiger charge is -2.40. The molecule has 1 heterocycles. The van der Waals surface area contributed by atoms with Gasteiger partial charge in [-0.25, -0.2) is 0 Å². The van der Waals surface area contributed by atoms with Gasteiger partial charge >= 0.3 is 0 Å². The molecule has 8 unspecified atom stereocenters. The Balaban J connectivity index is 2.35. The second-order valence-electron chi connectivity index (χ2n) is 16.1. The molecule has 0 aromatic heterocycles. The van der Waals surface area contributed by atoms with Crippen molar-refractivity contribution in [1.29, 1.82) is 0 Å². The predicted molar refractivity (Wildman–Crippen MR) is 217 cm³/mol. The molecule has 53 heavy (non-hydrogen) atoms. The Morgan fingerprint density at radius 1 is 0.698 bits per heavy atom. The van der Waals surface area contributed by atoms with E-state index in [9.17, 15) is 30.3 Å². The van der Waals surface area contributed by atoms with Crippen LogP contribution in [-0.2, 0) is 14.3 Å². The Bertz CT molecular complexity index is 857. The van der Waals surface area contributed by atoms with Crippen molar-refractivity contribution in [2.75, 3.05) is 13.2 Å². The van der Waals surface area contributed by atoms with Gasteiger partial charge in [0.1, 0.15) is 24.4 Å². The first-order valence-electron chi connectivity index (χ1n) is 22.3. The number of carbonyl (C=O) groups is 1. The van der Waals surface area contributed by atoms with Gasteiger partial charge < -0.3 is 40.3 Å². The molecule has 8 atom stereocenters. The number of carbonyl (C=O) groups excluding carboxylic acids is 1. The molecule has 0 aromatic carbocycles. The summed E-state index contributed by atoms with van der Waals surface area (Å²) in [6.45, 7) is 6.10. The first-order chi connectivity index (χ1) is 25.7. The zero-order valence-electron chi connectivity index (χ0n) is 34.4. The molecule has 0 bridgehead atoms. The molecule has 0 radical (unpaired) electrons. The van der Waals surface area contributed by atoms with Crippen LogP contribution >= 0.6 is 0 Å². The summed E-state index contributed by atoms with van der Waals surface area (Å²) in [5.41, 5.74) is 0. The minimum absolute atomic E-state index is 0.176. The number of rotatable bonds is 36. The van der Waals surface area contributed by atoms with Crippen LogP contribution in [0.4, 0.5) is 0 Å². The van der Waals surface area contributed by atoms with Crippen LogP contribution in [-0.4, -0.2) is 87.5 Å². The fourth-order valence-electron chi connectivity index (χ4n) is 7.13. The number of ether oxygens (including phenoxy) is 2. The monoisotopic (exact) mass is 756 g/mol. The van der Waals surface area contributed by atoms with E-state index in [-0.39, 0.29) is 12.5 Å². The molecule has 6 N–H and O–H groups in total. The Labute approximate surface area is 325 Å². The van der Waals surface area contributed by atoms with Crippen molar-refractivity contribution in [1.82, 2.24) is 5.32 Å². The van der Waals surface area contributed by atoms with Gasteiger partial charge in [0, 0.05) is 6.42 Å². The number of aliphatic hydroxyl groups is 5. The van der Waals surface area contributed by atoms with Gasteiger partial charge in [-0.1, -0.05) is 187 Å². The van der Waals surface area contributed by atoms with E-state index in [1.54, 1.807) is 6.08 Å². The summed E-state index contributed by atoms with van der Waals surface area (Å²) in [6.07, 6.45) is 29.7. The van der Waals surface area contributed by atoms with Crippen molar-refractivity contribution in [3.05, 3.63) is 12.2 Å². The van der Waals surface area contributed by atoms with Gasteiger partial charge in [0.15, 0.2) is 6.29 Å². The highest BCUT2D eigenvalue weighted by atomic mass is 16.7. The topological polar surface area (TPSA) is 149 Å². The number of allylic oxidation sites excluding steroid dienone is 1. The van der Waals surface area contributed by atoms with Crippen LogP contribution < -0.4 is 5.32 Å². The molecule has 0 spiro atoms. The zero-order chi connectivity index (χ0) is 38.9. The summed E-state index contributed by atoms with van der Waals surface area (Å²) in [4.78, 5) is 12.9. The Morgan fingerprint density at radius 3 is 1.70 bits per heavy atom. The Morgan fingerprint density at radius 2 is 1.19 bits per heavy atom. The average molecular weight is 756 g/mol. The highest BCUT2D eigenvalue weighted by Gasteiger charge is 2.44. The first-order valence-corrected chi connectivity index (χ1v) is 22.3. The molecule has 1 fully saturated rings. The van der Waals surface area contributed by atoms with Crippen molar-refractivity contribution >= 4 is 5.91 Å². The average Bonchev–Trinajstić information content (AvgIpc) is 3.16. The van der Waals surface area contributed by atoms with E-state index in [4.69, 9.17) is 9.47 Å². The number of hydrogen-bond acceptors (Lipinski definition) is 8. The van der Waals surface area contributed by atoms with Gasteiger partial charge in [0.25, 0.3) is 0 Å². The van der Waals surface area contributed by atoms with Crippen LogP contribution in [0.3, 0.4) is 0 Å². The molecule has 1 aliphatic heterocycles. The smallest absolute Gasteiger partial charge is 0.220 e. The van der Waals surface area contributed by atoms with Crippen LogP contribution in [0.15, 0.2) is 12.2 Å². The number of hydrogen-bond donors (Lipinski definition) is 6. The molecule has 1 saturated heterocycles. The van der Waals surface area contributed by atoms with Gasteiger partial charge in [-0.15, -0.1) is 0 Å². The summed E-state index contributed by atoms with van der Waals surface area (Å²) in [5.74, 6) is 0.640. The Hall–Kier alpha value is -1.07. The summed E-state index contributed by atoms with van der Waals surface area (Å²) in [7, 11) is 0. The van der Waals surface area contributed by atoms with Crippen LogP contribution in [0.1, 0.15) is 201 Å². The quantitative estimate of drug-likeness (QED) is 0.0275. The van der Waals surface area contributed by atoms with E-state index in [2.05, 4.69) is 26.1 Å². The minimum atomic E-state index is -1.56. The molecular formula is C44H85NO8. The second kappa shape index (κ2) is 34.2. The maximum atomic E-state index is 12.9. The van der Waals surface area contributed by atoms with Crippen LogP contribution in [0.25, 0.3) is 0 Å². The van der Waals surface area contributed by atoms with Crippen molar-refractivity contribution < 1.29 is 39.8 Å². The van der Waals surface area contributed by atoms with E-state index in [1.165, 1.54) is 135 Å². The molecule has 0 aliphatic carbocycles. The first kappa shape index (κ1) is 49.9. The number of unbranched alkanes of at least 4 members (excludes halogenated alkanes) is 23. The standard InChI is InChI=1S/C44H85NO8/c1-4-6-7-8-9-10-11-12-13-14-15-16-17-18-19-24-27-30-33-40(48)45-37(35-52-44-43(51)42(50)41(49)39(34-46)53-44)38(47)32-29-26-23-21-20-22-25-28-31-36(3)5-2/h29,32,36-39,41-44,46-47,49-51H,4-28,30-31,33-35H2,1-3H3,(H,45,48). The van der Waals surface area contributed by atoms with E-state index in [1.807, 2.05) is 6.08 Å². The number of aliphatic hydroxyl groups excluding tert-OH is 5. The highest BCUT2D eigenvalue weighted by molar-refractivity contribution is 5.76. The van der Waals surface area contributed by atoms with Gasteiger partial charge in [-0.2, -0.15) is 0 Å². The third kappa shape index (κ3) is 25.7. The highest BCUT2D eigenvalue weighted by Crippen LogP contribution is 2.23. The fraction of sp³-hybridized carbons (Fsp3) is 0.932. The third-order valence-electron chi connectivity index (χ3n) is 11.2. The summed E-state index contributed by atoms with van der Waals surface area (Å²) in [5, 5.41) is 54.1. The lowest BCUT2D eigenvalue weighted by Crippen LogP contribution is -2.60. The molecular weight excluding hydrogens is 670 g/mol. The number of nitrogens with one attached hydrogen (secondary N) is 1. The van der Waals surface area contributed by atoms with Gasteiger partial charge in [-0.3, -0.25) is 4.79 Å². The molecule has 1 amide bonds. The van der Waals surface area contributed by atoms with Crippen molar-refractivity contribution in [2.45, 2.75) is 243 Å². The van der Waals surface area contributed by atoms with Crippen LogP contribution in [0.5, 0.6) is 0 Å². The van der Waals surface area contributed by atoms with Crippen LogP contribution in [0, 0.1) is 5.92 Å². The molecule has 9 heteroatoms.